The van der Waals surface area contributed by atoms with E-state index in [-0.39, 0.29) is 68.7 Å². The lowest BCUT2D eigenvalue weighted by atomic mass is 9.89. The Hall–Kier alpha value is -10.6. The first-order chi connectivity index (χ1) is 52.2. The zero-order valence-corrected chi connectivity index (χ0v) is 61.7. The number of nitrogens with one attached hydrogen (secondary N) is 7. The van der Waals surface area contributed by atoms with Crippen molar-refractivity contribution in [1.29, 1.82) is 0 Å². The minimum atomic E-state index is -5.63. The van der Waals surface area contributed by atoms with Crippen molar-refractivity contribution in [3.63, 3.8) is 0 Å². The SMILES string of the molecule is CC(C)(O)c1ccccc1-c1ccc2nc(C3CC3c3ccc(NS(=O)(=O)C(F)(F)F)cc3)[nH]c2c1.NS(=O)(=O)c1ccccc1-c1ccc2nc(C3CC3c3ccc(NS(=O)(=O)C(F)(F)F)cc3)[nH]c2c1.O=S(=O)(Nc1ccc(C2CC2c2nc3ccc(-c4ccccc4NS(=O)(=O)C(F)(F)F)cc3[nH]2)cc1)C(F)(F)F. The van der Waals surface area contributed by atoms with Gasteiger partial charge in [0.2, 0.25) is 10.0 Å². The van der Waals surface area contributed by atoms with Crippen LogP contribution in [-0.2, 0) is 55.7 Å². The van der Waals surface area contributed by atoms with Crippen LogP contribution in [0.1, 0.15) is 108 Å². The Morgan fingerprint density at radius 1 is 0.366 bits per heavy atom. The fourth-order valence-corrected chi connectivity index (χ4v) is 16.0. The molecule has 588 valence electrons. The molecule has 3 aliphatic rings. The van der Waals surface area contributed by atoms with Crippen LogP contribution < -0.4 is 24.0 Å². The summed E-state index contributed by atoms with van der Waals surface area (Å²) in [5, 5.41) is 15.9. The topological polar surface area (TPSA) is 351 Å². The van der Waals surface area contributed by atoms with Crippen molar-refractivity contribution in [1.82, 2.24) is 29.9 Å². The number of sulfonamides is 5. The number of rotatable bonds is 19. The number of halogens is 12. The van der Waals surface area contributed by atoms with E-state index in [0.717, 1.165) is 68.9 Å². The summed E-state index contributed by atoms with van der Waals surface area (Å²) in [6.45, 7) is 3.51. The van der Waals surface area contributed by atoms with E-state index in [9.17, 15) is 99.9 Å². The summed E-state index contributed by atoms with van der Waals surface area (Å²) in [6, 6.07) is 53.1. The average Bonchev–Trinajstić information content (AvgIpc) is 1.57. The van der Waals surface area contributed by atoms with Gasteiger partial charge < -0.3 is 20.1 Å². The third kappa shape index (κ3) is 17.1. The van der Waals surface area contributed by atoms with E-state index in [1.807, 2.05) is 42.5 Å². The van der Waals surface area contributed by atoms with Crippen LogP contribution in [0.4, 0.5) is 75.4 Å². The number of fused-ring (bicyclic) bond motifs is 3. The van der Waals surface area contributed by atoms with Gasteiger partial charge >= 0.3 is 62.1 Å². The quantitative estimate of drug-likeness (QED) is 0.0340. The van der Waals surface area contributed by atoms with E-state index in [1.165, 1.54) is 82.2 Å². The van der Waals surface area contributed by atoms with Crippen molar-refractivity contribution in [2.24, 2.45) is 5.14 Å². The molecule has 3 aromatic heterocycles. The minimum absolute atomic E-state index is 0.0207. The van der Waals surface area contributed by atoms with Crippen molar-refractivity contribution in [2.75, 3.05) is 18.9 Å². The standard InChI is InChI=1S/C26H24F3N3O3S.C24H18F6N4O4S2.C23H19F3N4O4S2/c1-25(2,33)21-6-4-3-5-18(21)16-9-12-22-23(13-16)31-24(30-22)20-14-19(20)15-7-10-17(11-8-15)32-36(34,35)26(27,28)29;25-23(26,27)39(35,36)33-15-8-5-13(6-9-15)17-12-18(17)22-31-20-10-7-14(11-21(20)32-22)16-3-1-2-4-19(16)34-40(37,38)24(28,29)30;24-23(25,26)36(33,34)30-15-8-5-13(6-9-15)17-12-18(17)22-28-19-10-7-14(11-20(19)29-22)16-3-1-2-4-21(16)35(27,31)32/h3-13,19-20,32-33H,14H2,1-2H3,(H,30,31);1-11,17-18,33-34H,12H2,(H,31,32);1-11,17-18,30H,12H2,(H,28,29)(H2,27,31,32). The molecule has 10 N–H and O–H groups in total. The van der Waals surface area contributed by atoms with Crippen molar-refractivity contribution in [2.45, 2.75) is 101 Å². The van der Waals surface area contributed by atoms with Crippen LogP contribution in [0.5, 0.6) is 0 Å². The van der Waals surface area contributed by atoms with E-state index in [1.54, 1.807) is 108 Å². The van der Waals surface area contributed by atoms with E-state index < -0.39 is 77.8 Å². The van der Waals surface area contributed by atoms with Gasteiger partial charge in [0.25, 0.3) is 0 Å². The van der Waals surface area contributed by atoms with Crippen LogP contribution in [0.25, 0.3) is 66.5 Å². The van der Waals surface area contributed by atoms with Crippen molar-refractivity contribution >= 4 is 106 Å². The Kier molecular flexibility index (Phi) is 20.5. The lowest BCUT2D eigenvalue weighted by Gasteiger charge is -2.21. The molecule has 0 bridgehead atoms. The Morgan fingerprint density at radius 3 is 1.00 bits per heavy atom. The Bertz CT molecular complexity index is 6220. The largest absolute Gasteiger partial charge is 0.516 e. The number of imidazole rings is 3. The summed E-state index contributed by atoms with van der Waals surface area (Å²) >= 11 is 0. The normalized spacial score (nSPS) is 18.2. The maximum absolute atomic E-state index is 12.9. The molecule has 3 saturated carbocycles. The van der Waals surface area contributed by atoms with Crippen LogP contribution >= 0.6 is 0 Å². The lowest BCUT2D eigenvalue weighted by molar-refractivity contribution is -0.0435. The number of para-hydroxylation sites is 1. The van der Waals surface area contributed by atoms with Gasteiger partial charge in [-0.15, -0.1) is 0 Å². The monoisotopic (exact) mass is 1660 g/mol. The molecule has 112 heavy (non-hydrogen) atoms. The van der Waals surface area contributed by atoms with Gasteiger partial charge in [-0.2, -0.15) is 86.4 Å². The molecular formula is C73H61F12N11O11S5. The highest BCUT2D eigenvalue weighted by Gasteiger charge is 2.50. The van der Waals surface area contributed by atoms with Crippen molar-refractivity contribution < 1.29 is 99.9 Å². The number of H-pyrrole nitrogens is 3. The second-order valence-corrected chi connectivity index (χ2v) is 35.4. The molecule has 3 fully saturated rings. The fraction of sp³-hybridized carbons (Fsp3) is 0.219. The number of nitrogens with two attached hydrogens (primary N) is 1. The highest BCUT2D eigenvalue weighted by atomic mass is 32.2. The molecule has 0 aliphatic heterocycles. The van der Waals surface area contributed by atoms with Gasteiger partial charge in [-0.25, -0.2) is 28.5 Å². The molecule has 0 radical (unpaired) electrons. The molecule has 9 aromatic carbocycles. The van der Waals surface area contributed by atoms with Crippen LogP contribution in [0.3, 0.4) is 0 Å². The molecule has 0 saturated heterocycles. The maximum atomic E-state index is 12.9. The second-order valence-electron chi connectivity index (χ2n) is 27.2. The number of hydrogen-bond donors (Lipinski definition) is 9. The number of nitrogens with zero attached hydrogens (tertiary/aromatic N) is 3. The first-order valence-corrected chi connectivity index (χ1v) is 40.9. The molecule has 22 nitrogen and oxygen atoms in total. The molecule has 12 aromatic rings. The molecule has 15 rings (SSSR count). The van der Waals surface area contributed by atoms with Gasteiger partial charge in [-0.05, 0) is 180 Å². The minimum Gasteiger partial charge on any atom is -0.386 e. The van der Waals surface area contributed by atoms with Gasteiger partial charge in [-0.1, -0.05) is 115 Å². The third-order valence-corrected chi connectivity index (χ3v) is 24.2. The zero-order chi connectivity index (χ0) is 80.8. The zero-order valence-electron chi connectivity index (χ0n) is 57.7. The molecule has 0 amide bonds. The van der Waals surface area contributed by atoms with Gasteiger partial charge in [-0.3, -0.25) is 18.9 Å². The van der Waals surface area contributed by atoms with E-state index in [2.05, 4.69) is 24.9 Å². The molecule has 3 heterocycles. The summed E-state index contributed by atoms with van der Waals surface area (Å²) in [5.41, 5.74) is -12.2. The Morgan fingerprint density at radius 2 is 0.661 bits per heavy atom. The molecule has 0 spiro atoms. The number of alkyl halides is 12. The number of aliphatic hydroxyl groups is 1. The Balaban J connectivity index is 0.000000147. The van der Waals surface area contributed by atoms with Crippen molar-refractivity contribution in [3.8, 4) is 33.4 Å². The molecular weight excluding hydrogens is 1600 g/mol. The predicted molar refractivity (Wildman–Crippen MR) is 395 cm³/mol. The van der Waals surface area contributed by atoms with Gasteiger partial charge in [0.15, 0.2) is 0 Å². The number of primary sulfonamides is 1. The molecule has 6 atom stereocenters. The summed E-state index contributed by atoms with van der Waals surface area (Å²) in [5.74, 6) is 2.47. The Labute approximate surface area is 630 Å². The fourth-order valence-electron chi connectivity index (χ4n) is 13.0. The first-order valence-electron chi connectivity index (χ1n) is 33.4. The summed E-state index contributed by atoms with van der Waals surface area (Å²) in [7, 11) is -26.0. The smallest absolute Gasteiger partial charge is 0.386 e. The van der Waals surface area contributed by atoms with E-state index in [0.29, 0.717) is 51.0 Å². The lowest BCUT2D eigenvalue weighted by Crippen LogP contribution is -2.30. The second kappa shape index (κ2) is 28.9. The van der Waals surface area contributed by atoms with Gasteiger partial charge in [0.1, 0.15) is 17.5 Å². The van der Waals surface area contributed by atoms with Gasteiger partial charge in [0, 0.05) is 45.9 Å². The summed E-state index contributed by atoms with van der Waals surface area (Å²) in [6.07, 6.45) is 2.25. The summed E-state index contributed by atoms with van der Waals surface area (Å²) < 4.78 is 273. The molecule has 3 aliphatic carbocycles. The number of anilines is 4. The van der Waals surface area contributed by atoms with E-state index >= 15 is 0 Å². The number of benzene rings is 9. The highest BCUT2D eigenvalue weighted by Crippen LogP contribution is 2.57. The van der Waals surface area contributed by atoms with Crippen LogP contribution in [-0.4, -0.2) is 99.1 Å². The molecule has 6 unspecified atom stereocenters. The van der Waals surface area contributed by atoms with Gasteiger partial charge in [0.05, 0.1) is 49.3 Å². The summed E-state index contributed by atoms with van der Waals surface area (Å²) in [4.78, 5) is 23.8. The average molecular weight is 1660 g/mol. The number of hydrogen-bond acceptors (Lipinski definition) is 14. The van der Waals surface area contributed by atoms with Crippen LogP contribution in [0.2, 0.25) is 0 Å². The highest BCUT2D eigenvalue weighted by molar-refractivity contribution is 7.94. The third-order valence-electron chi connectivity index (χ3n) is 18.8. The van der Waals surface area contributed by atoms with Crippen LogP contribution in [0.15, 0.2) is 205 Å². The van der Waals surface area contributed by atoms with E-state index in [4.69, 9.17) is 10.1 Å². The van der Waals surface area contributed by atoms with Crippen LogP contribution in [0, 0.1) is 0 Å². The van der Waals surface area contributed by atoms with Crippen molar-refractivity contribution in [3.05, 3.63) is 240 Å². The predicted octanol–water partition coefficient (Wildman–Crippen LogP) is 16.4. The number of aromatic nitrogens is 6. The maximum Gasteiger partial charge on any atom is 0.516 e. The number of aromatic amines is 3. The first kappa shape index (κ1) is 79.5. The molecule has 39 heteroatoms.